The second kappa shape index (κ2) is 7.11. The molecule has 1 aliphatic heterocycles. The first-order valence-electron chi connectivity index (χ1n) is 8.98. The molecule has 8 nitrogen and oxygen atoms in total. The van der Waals surface area contributed by atoms with Crippen LogP contribution in [0.4, 0.5) is 17.3 Å². The van der Waals surface area contributed by atoms with Crippen molar-refractivity contribution in [2.45, 2.75) is 6.04 Å². The number of benzene rings is 1. The summed E-state index contributed by atoms with van der Waals surface area (Å²) in [5.74, 6) is 1.11. The summed E-state index contributed by atoms with van der Waals surface area (Å²) in [6.45, 7) is 0.967. The maximum Gasteiger partial charge on any atom is 0.263 e. The summed E-state index contributed by atoms with van der Waals surface area (Å²) in [4.78, 5) is 26.0. The van der Waals surface area contributed by atoms with E-state index in [-0.39, 0.29) is 11.9 Å². The molecule has 0 saturated heterocycles. The first-order chi connectivity index (χ1) is 14.1. The number of thiophene rings is 1. The van der Waals surface area contributed by atoms with Crippen molar-refractivity contribution < 1.29 is 4.79 Å². The van der Waals surface area contributed by atoms with Crippen LogP contribution in [0.5, 0.6) is 0 Å². The highest BCUT2D eigenvalue weighted by molar-refractivity contribution is 7.21. The van der Waals surface area contributed by atoms with Gasteiger partial charge < -0.3 is 21.7 Å². The molecule has 0 spiro atoms. The molecule has 4 aromatic rings. The molecule has 1 amide bonds. The minimum Gasteiger partial charge on any atom is -0.381 e. The Labute approximate surface area is 174 Å². The van der Waals surface area contributed by atoms with Gasteiger partial charge in [0.05, 0.1) is 17.2 Å². The van der Waals surface area contributed by atoms with Gasteiger partial charge in [-0.05, 0) is 24.3 Å². The number of nitrogens with two attached hydrogens (primary N) is 1. The Morgan fingerprint density at radius 3 is 2.97 bits per heavy atom. The van der Waals surface area contributed by atoms with Crippen LogP contribution >= 0.6 is 22.9 Å². The molecule has 5 N–H and O–H groups in total. The van der Waals surface area contributed by atoms with E-state index in [1.807, 2.05) is 24.3 Å². The van der Waals surface area contributed by atoms with Crippen molar-refractivity contribution in [3.05, 3.63) is 46.7 Å². The minimum atomic E-state index is -0.0965. The number of nitrogens with zero attached hydrogens (tertiary/aromatic N) is 3. The minimum absolute atomic E-state index is 0.0957. The number of rotatable bonds is 3. The number of anilines is 3. The molecule has 1 aromatic carbocycles. The Kier molecular flexibility index (Phi) is 4.42. The predicted molar refractivity (Wildman–Crippen MR) is 116 cm³/mol. The first-order valence-corrected chi connectivity index (χ1v) is 10.2. The second-order valence-electron chi connectivity index (χ2n) is 6.65. The molecule has 5 rings (SSSR count). The van der Waals surface area contributed by atoms with Gasteiger partial charge in [0.1, 0.15) is 28.0 Å². The number of aromatic nitrogens is 3. The first kappa shape index (κ1) is 18.0. The SMILES string of the molecule is NC[C@H]1CNc2c(sc3ccc4nc(Nc5cc(Cl)ncn5)ccc4c23)C(=O)N1. The number of fused-ring (bicyclic) bond motifs is 5. The largest absolute Gasteiger partial charge is 0.381 e. The number of nitrogens with one attached hydrogen (secondary N) is 3. The predicted octanol–water partition coefficient (Wildman–Crippen LogP) is 3.12. The lowest BCUT2D eigenvalue weighted by molar-refractivity contribution is 0.0947. The van der Waals surface area contributed by atoms with Crippen LogP contribution in [0, 0.1) is 0 Å². The van der Waals surface area contributed by atoms with Gasteiger partial charge >= 0.3 is 0 Å². The van der Waals surface area contributed by atoms with Gasteiger partial charge in [0.15, 0.2) is 0 Å². The smallest absolute Gasteiger partial charge is 0.263 e. The average molecular weight is 426 g/mol. The average Bonchev–Trinajstić information content (AvgIpc) is 3.02. The molecule has 0 unspecified atom stereocenters. The lowest BCUT2D eigenvalue weighted by Gasteiger charge is -2.13. The zero-order chi connectivity index (χ0) is 20.0. The Morgan fingerprint density at radius 2 is 2.14 bits per heavy atom. The lowest BCUT2D eigenvalue weighted by Crippen LogP contribution is -2.42. The zero-order valence-electron chi connectivity index (χ0n) is 15.1. The number of carbonyl (C=O) groups excluding carboxylic acids is 1. The molecule has 10 heteroatoms. The summed E-state index contributed by atoms with van der Waals surface area (Å²) in [7, 11) is 0. The third-order valence-electron chi connectivity index (χ3n) is 4.76. The van der Waals surface area contributed by atoms with Crippen molar-refractivity contribution in [3.63, 3.8) is 0 Å². The monoisotopic (exact) mass is 425 g/mol. The van der Waals surface area contributed by atoms with Crippen LogP contribution in [0.3, 0.4) is 0 Å². The quantitative estimate of drug-likeness (QED) is 0.372. The number of amides is 1. The van der Waals surface area contributed by atoms with Crippen LogP contribution in [0.1, 0.15) is 9.67 Å². The Balaban J connectivity index is 1.59. The lowest BCUT2D eigenvalue weighted by atomic mass is 10.1. The van der Waals surface area contributed by atoms with E-state index in [0.717, 1.165) is 26.7 Å². The van der Waals surface area contributed by atoms with E-state index in [1.165, 1.54) is 17.7 Å². The van der Waals surface area contributed by atoms with Gasteiger partial charge in [0, 0.05) is 34.6 Å². The van der Waals surface area contributed by atoms with Crippen molar-refractivity contribution in [1.29, 1.82) is 0 Å². The molecule has 146 valence electrons. The molecule has 0 fully saturated rings. The van der Waals surface area contributed by atoms with Crippen LogP contribution in [0.15, 0.2) is 36.7 Å². The summed E-state index contributed by atoms with van der Waals surface area (Å²) in [5.41, 5.74) is 7.40. The number of hydrogen-bond acceptors (Lipinski definition) is 8. The van der Waals surface area contributed by atoms with Crippen LogP contribution in [0.2, 0.25) is 5.15 Å². The van der Waals surface area contributed by atoms with E-state index in [4.69, 9.17) is 22.3 Å². The fraction of sp³-hybridized carbons (Fsp3) is 0.158. The second-order valence-corrected chi connectivity index (χ2v) is 8.09. The zero-order valence-corrected chi connectivity index (χ0v) is 16.6. The maximum atomic E-state index is 12.6. The maximum absolute atomic E-state index is 12.6. The molecular weight excluding hydrogens is 410 g/mol. The van der Waals surface area contributed by atoms with E-state index in [1.54, 1.807) is 6.07 Å². The fourth-order valence-electron chi connectivity index (χ4n) is 3.40. The van der Waals surface area contributed by atoms with Crippen molar-refractivity contribution in [3.8, 4) is 0 Å². The molecule has 3 aromatic heterocycles. The fourth-order valence-corrected chi connectivity index (χ4v) is 4.65. The molecule has 0 saturated carbocycles. The Bertz CT molecular complexity index is 1260. The normalized spacial score (nSPS) is 16.2. The van der Waals surface area contributed by atoms with Gasteiger partial charge in [-0.25, -0.2) is 15.0 Å². The van der Waals surface area contributed by atoms with Gasteiger partial charge in [-0.15, -0.1) is 11.3 Å². The number of carbonyl (C=O) groups is 1. The molecule has 0 aliphatic carbocycles. The number of pyridine rings is 1. The van der Waals surface area contributed by atoms with Gasteiger partial charge in [-0.2, -0.15) is 0 Å². The van der Waals surface area contributed by atoms with Crippen molar-refractivity contribution in [1.82, 2.24) is 20.3 Å². The van der Waals surface area contributed by atoms with E-state index in [9.17, 15) is 4.79 Å². The van der Waals surface area contributed by atoms with E-state index >= 15 is 0 Å². The van der Waals surface area contributed by atoms with Crippen LogP contribution in [0.25, 0.3) is 21.0 Å². The molecule has 0 radical (unpaired) electrons. The summed E-state index contributed by atoms with van der Waals surface area (Å²) < 4.78 is 1.03. The van der Waals surface area contributed by atoms with Crippen LogP contribution in [-0.2, 0) is 0 Å². The molecule has 29 heavy (non-hydrogen) atoms. The Hall–Kier alpha value is -3.01. The standard InChI is InChI=1S/C19H16ClN7OS/c20-13-5-15(24-8-23-13)27-14-4-1-10-11(26-14)2-3-12-16(10)17-18(29-12)19(28)25-9(6-21)7-22-17/h1-5,8-9,22H,6-7,21H2,(H,25,28)(H,23,24,26,27)/t9-/m0/s1. The van der Waals surface area contributed by atoms with Crippen molar-refractivity contribution >= 4 is 67.2 Å². The van der Waals surface area contributed by atoms with E-state index < -0.39 is 0 Å². The molecule has 1 atom stereocenters. The Morgan fingerprint density at radius 1 is 1.24 bits per heavy atom. The van der Waals surface area contributed by atoms with E-state index in [0.29, 0.717) is 34.8 Å². The summed E-state index contributed by atoms with van der Waals surface area (Å²) in [5, 5.41) is 11.8. The van der Waals surface area contributed by atoms with Gasteiger partial charge in [-0.3, -0.25) is 4.79 Å². The van der Waals surface area contributed by atoms with Gasteiger partial charge in [0.2, 0.25) is 0 Å². The summed E-state index contributed by atoms with van der Waals surface area (Å²) in [6.07, 6.45) is 1.39. The van der Waals surface area contributed by atoms with Crippen LogP contribution < -0.4 is 21.7 Å². The van der Waals surface area contributed by atoms with Gasteiger partial charge in [-0.1, -0.05) is 11.6 Å². The molecule has 4 heterocycles. The third-order valence-corrected chi connectivity index (χ3v) is 6.12. The number of hydrogen-bond donors (Lipinski definition) is 4. The number of halogens is 1. The highest BCUT2D eigenvalue weighted by Crippen LogP contribution is 2.41. The molecule has 1 aliphatic rings. The molecular formula is C19H16ClN7OS. The van der Waals surface area contributed by atoms with Gasteiger partial charge in [0.25, 0.3) is 5.91 Å². The highest BCUT2D eigenvalue weighted by Gasteiger charge is 2.25. The summed E-state index contributed by atoms with van der Waals surface area (Å²) in [6, 6.07) is 9.35. The van der Waals surface area contributed by atoms with Crippen LogP contribution in [-0.4, -0.2) is 40.0 Å². The topological polar surface area (TPSA) is 118 Å². The highest BCUT2D eigenvalue weighted by atomic mass is 35.5. The van der Waals surface area contributed by atoms with Crippen molar-refractivity contribution in [2.24, 2.45) is 5.73 Å². The van der Waals surface area contributed by atoms with E-state index in [2.05, 4.69) is 25.9 Å². The molecule has 0 bridgehead atoms. The summed E-state index contributed by atoms with van der Waals surface area (Å²) >= 11 is 7.38. The third kappa shape index (κ3) is 3.23. The van der Waals surface area contributed by atoms with Crippen molar-refractivity contribution in [2.75, 3.05) is 23.7 Å².